The zero-order valence-electron chi connectivity index (χ0n) is 12.8. The van der Waals surface area contributed by atoms with E-state index in [0.29, 0.717) is 18.8 Å². The second kappa shape index (κ2) is 7.24. The number of carbonyl (C=O) groups is 2. The minimum absolute atomic E-state index is 0.0816. The molecule has 1 aromatic heterocycles. The molecule has 1 atom stereocenters. The molecule has 0 saturated carbocycles. The van der Waals surface area contributed by atoms with Gasteiger partial charge in [0.05, 0.1) is 18.8 Å². The van der Waals surface area contributed by atoms with E-state index >= 15 is 0 Å². The van der Waals surface area contributed by atoms with E-state index in [1.165, 1.54) is 0 Å². The Balaban J connectivity index is 1.95. The van der Waals surface area contributed by atoms with Crippen LogP contribution in [0, 0.1) is 0 Å². The molecule has 2 heterocycles. The van der Waals surface area contributed by atoms with E-state index in [2.05, 4.69) is 24.3 Å². The minimum Gasteiger partial charge on any atom is -0.333 e. The van der Waals surface area contributed by atoms with E-state index in [1.807, 2.05) is 4.68 Å². The lowest BCUT2D eigenvalue weighted by atomic mass is 10.2. The number of anilines is 1. The van der Waals surface area contributed by atoms with Gasteiger partial charge in [-0.3, -0.25) is 9.59 Å². The third-order valence-electron chi connectivity index (χ3n) is 3.95. The number of carbonyl (C=O) groups excluding carboxylic acids is 2. The van der Waals surface area contributed by atoms with Crippen LogP contribution in [0.5, 0.6) is 0 Å². The van der Waals surface area contributed by atoms with Gasteiger partial charge >= 0.3 is 0 Å². The lowest BCUT2D eigenvalue weighted by Crippen LogP contribution is -2.37. The first kappa shape index (κ1) is 15.5. The summed E-state index contributed by atoms with van der Waals surface area (Å²) in [5.74, 6) is 0.616. The van der Waals surface area contributed by atoms with Gasteiger partial charge in [-0.25, -0.2) is 4.68 Å². The predicted molar refractivity (Wildman–Crippen MR) is 80.9 cm³/mol. The number of amides is 2. The lowest BCUT2D eigenvalue weighted by Gasteiger charge is -2.20. The fraction of sp³-hybridized carbons (Fsp3) is 0.667. The molecule has 2 amide bonds. The monoisotopic (exact) mass is 292 g/mol. The summed E-state index contributed by atoms with van der Waals surface area (Å²) in [5.41, 5.74) is 0. The molecule has 116 valence electrons. The number of nitrogens with zero attached hydrogens (tertiary/aromatic N) is 3. The third-order valence-corrected chi connectivity index (χ3v) is 3.95. The summed E-state index contributed by atoms with van der Waals surface area (Å²) in [6.07, 6.45) is 6.14. The largest absolute Gasteiger partial charge is 0.333 e. The van der Waals surface area contributed by atoms with E-state index in [4.69, 9.17) is 0 Å². The number of hydrogen-bond acceptors (Lipinski definition) is 3. The summed E-state index contributed by atoms with van der Waals surface area (Å²) >= 11 is 0. The number of aromatic nitrogens is 2. The molecule has 1 N–H and O–H groups in total. The molecule has 0 spiro atoms. The maximum atomic E-state index is 12.2. The van der Waals surface area contributed by atoms with Crippen molar-refractivity contribution in [3.8, 4) is 0 Å². The van der Waals surface area contributed by atoms with Crippen molar-refractivity contribution < 1.29 is 9.59 Å². The molecule has 6 heteroatoms. The second-order valence-corrected chi connectivity index (χ2v) is 5.59. The van der Waals surface area contributed by atoms with E-state index in [9.17, 15) is 9.59 Å². The molecule has 0 aliphatic carbocycles. The van der Waals surface area contributed by atoms with Gasteiger partial charge in [0.2, 0.25) is 11.8 Å². The molecule has 1 fully saturated rings. The fourth-order valence-electron chi connectivity index (χ4n) is 2.50. The Bertz CT molecular complexity index is 498. The summed E-state index contributed by atoms with van der Waals surface area (Å²) in [4.78, 5) is 25.7. The van der Waals surface area contributed by atoms with Crippen LogP contribution >= 0.6 is 0 Å². The highest BCUT2D eigenvalue weighted by atomic mass is 16.2. The van der Waals surface area contributed by atoms with E-state index in [0.717, 1.165) is 25.7 Å². The fourth-order valence-corrected chi connectivity index (χ4v) is 2.50. The van der Waals surface area contributed by atoms with Crippen LogP contribution in [0.15, 0.2) is 12.3 Å². The van der Waals surface area contributed by atoms with Gasteiger partial charge in [0.25, 0.3) is 0 Å². The van der Waals surface area contributed by atoms with Crippen LogP contribution in [0.1, 0.15) is 52.0 Å². The molecular weight excluding hydrogens is 268 g/mol. The molecule has 0 bridgehead atoms. The van der Waals surface area contributed by atoms with Gasteiger partial charge in [-0.2, -0.15) is 5.10 Å². The van der Waals surface area contributed by atoms with Crippen molar-refractivity contribution in [3.05, 3.63) is 12.3 Å². The first-order chi connectivity index (χ1) is 10.1. The second-order valence-electron chi connectivity index (χ2n) is 5.59. The molecule has 6 nitrogen and oxygen atoms in total. The van der Waals surface area contributed by atoms with E-state index < -0.39 is 0 Å². The highest BCUT2D eigenvalue weighted by Crippen LogP contribution is 2.16. The highest BCUT2D eigenvalue weighted by molar-refractivity contribution is 5.93. The summed E-state index contributed by atoms with van der Waals surface area (Å²) in [7, 11) is 0. The van der Waals surface area contributed by atoms with E-state index in [1.54, 1.807) is 17.2 Å². The molecule has 2 rings (SSSR count). The zero-order valence-corrected chi connectivity index (χ0v) is 12.8. The van der Waals surface area contributed by atoms with Gasteiger partial charge < -0.3 is 10.2 Å². The predicted octanol–water partition coefficient (Wildman–Crippen LogP) is 2.20. The third kappa shape index (κ3) is 4.06. The summed E-state index contributed by atoms with van der Waals surface area (Å²) in [5, 5.41) is 7.10. The van der Waals surface area contributed by atoms with E-state index in [-0.39, 0.29) is 24.4 Å². The average molecular weight is 292 g/mol. The first-order valence-electron chi connectivity index (χ1n) is 7.73. The number of hydrogen-bond donors (Lipinski definition) is 1. The summed E-state index contributed by atoms with van der Waals surface area (Å²) < 4.78 is 1.81. The molecule has 0 aromatic carbocycles. The van der Waals surface area contributed by atoms with Gasteiger partial charge in [0.1, 0.15) is 5.82 Å². The van der Waals surface area contributed by atoms with Crippen molar-refractivity contribution in [2.45, 2.75) is 52.0 Å². The maximum absolute atomic E-state index is 12.2. The quantitative estimate of drug-likeness (QED) is 0.904. The SMILES string of the molecule is CCC(C)n1nccc1NC(=O)CN1CCCCCC1=O. The molecular formula is C15H24N4O2. The topological polar surface area (TPSA) is 67.2 Å². The van der Waals surface area contributed by atoms with Crippen molar-refractivity contribution in [3.63, 3.8) is 0 Å². The molecule has 1 aromatic rings. The van der Waals surface area contributed by atoms with Gasteiger partial charge in [-0.15, -0.1) is 0 Å². The molecule has 1 saturated heterocycles. The number of nitrogens with one attached hydrogen (secondary N) is 1. The lowest BCUT2D eigenvalue weighted by molar-refractivity contribution is -0.134. The smallest absolute Gasteiger partial charge is 0.245 e. The Kier molecular flexibility index (Phi) is 5.36. The van der Waals surface area contributed by atoms with Gasteiger partial charge in [0, 0.05) is 19.0 Å². The van der Waals surface area contributed by atoms with Crippen molar-refractivity contribution in [1.29, 1.82) is 0 Å². The van der Waals surface area contributed by atoms with Crippen molar-refractivity contribution in [2.24, 2.45) is 0 Å². The molecule has 1 aliphatic rings. The Morgan fingerprint density at radius 1 is 1.43 bits per heavy atom. The summed E-state index contributed by atoms with van der Waals surface area (Å²) in [6.45, 7) is 4.94. The van der Waals surface area contributed by atoms with Crippen LogP contribution in [-0.4, -0.2) is 39.6 Å². The number of rotatable bonds is 5. The Labute approximate surface area is 125 Å². The van der Waals surface area contributed by atoms with Crippen LogP contribution in [0.4, 0.5) is 5.82 Å². The normalized spacial score (nSPS) is 17.4. The molecule has 0 radical (unpaired) electrons. The standard InChI is InChI=1S/C15H24N4O2/c1-3-12(2)19-13(8-9-16-19)17-14(20)11-18-10-6-4-5-7-15(18)21/h8-9,12H,3-7,10-11H2,1-2H3,(H,17,20). The maximum Gasteiger partial charge on any atom is 0.245 e. The average Bonchev–Trinajstić information content (AvgIpc) is 2.83. The van der Waals surface area contributed by atoms with Gasteiger partial charge in [-0.05, 0) is 26.2 Å². The van der Waals surface area contributed by atoms with Crippen molar-refractivity contribution in [2.75, 3.05) is 18.4 Å². The zero-order chi connectivity index (χ0) is 15.2. The first-order valence-corrected chi connectivity index (χ1v) is 7.73. The van der Waals surface area contributed by atoms with Crippen LogP contribution in [0.2, 0.25) is 0 Å². The van der Waals surface area contributed by atoms with Crippen molar-refractivity contribution in [1.82, 2.24) is 14.7 Å². The van der Waals surface area contributed by atoms with Gasteiger partial charge in [0.15, 0.2) is 0 Å². The number of likely N-dealkylation sites (tertiary alicyclic amines) is 1. The molecule has 1 unspecified atom stereocenters. The van der Waals surface area contributed by atoms with Crippen molar-refractivity contribution >= 4 is 17.6 Å². The van der Waals surface area contributed by atoms with Crippen LogP contribution in [-0.2, 0) is 9.59 Å². The molecule has 1 aliphatic heterocycles. The van der Waals surface area contributed by atoms with Crippen LogP contribution < -0.4 is 5.32 Å². The van der Waals surface area contributed by atoms with Gasteiger partial charge in [-0.1, -0.05) is 13.3 Å². The molecule has 21 heavy (non-hydrogen) atoms. The Morgan fingerprint density at radius 3 is 3.00 bits per heavy atom. The summed E-state index contributed by atoms with van der Waals surface area (Å²) in [6, 6.07) is 2.02. The Hall–Kier alpha value is -1.85. The highest BCUT2D eigenvalue weighted by Gasteiger charge is 2.20. The van der Waals surface area contributed by atoms with Crippen LogP contribution in [0.3, 0.4) is 0 Å². The Morgan fingerprint density at radius 2 is 2.24 bits per heavy atom. The van der Waals surface area contributed by atoms with Crippen LogP contribution in [0.25, 0.3) is 0 Å². The minimum atomic E-state index is -0.157.